The van der Waals surface area contributed by atoms with Crippen LogP contribution in [-0.2, 0) is 0 Å². The van der Waals surface area contributed by atoms with Crippen molar-refractivity contribution in [2.45, 2.75) is 6.04 Å². The second-order valence-corrected chi connectivity index (χ2v) is 4.38. The molecule has 1 atom stereocenters. The molecule has 0 aliphatic carbocycles. The molecule has 1 nitrogen and oxygen atoms in total. The van der Waals surface area contributed by atoms with Gasteiger partial charge in [0.2, 0.25) is 0 Å². The first kappa shape index (κ1) is 13.8. The molecule has 2 N–H and O–H groups in total. The van der Waals surface area contributed by atoms with Crippen LogP contribution in [0.15, 0.2) is 30.3 Å². The summed E-state index contributed by atoms with van der Waals surface area (Å²) in [6.07, 6.45) is 0. The van der Waals surface area contributed by atoms with Crippen molar-refractivity contribution in [1.29, 1.82) is 0 Å². The Balaban J connectivity index is 2.47. The van der Waals surface area contributed by atoms with Gasteiger partial charge in [0.25, 0.3) is 0 Å². The molecule has 2 aromatic carbocycles. The van der Waals surface area contributed by atoms with Gasteiger partial charge in [-0.05, 0) is 29.8 Å². The van der Waals surface area contributed by atoms with E-state index in [4.69, 9.17) is 17.3 Å². The van der Waals surface area contributed by atoms with Gasteiger partial charge in [-0.15, -0.1) is 0 Å². The summed E-state index contributed by atoms with van der Waals surface area (Å²) in [6.45, 7) is 0. The zero-order valence-corrected chi connectivity index (χ0v) is 10.2. The van der Waals surface area contributed by atoms with E-state index < -0.39 is 29.3 Å². The minimum Gasteiger partial charge on any atom is -0.320 e. The van der Waals surface area contributed by atoms with Crippen LogP contribution in [-0.4, -0.2) is 0 Å². The molecule has 0 aliphatic heterocycles. The molecule has 0 aromatic heterocycles. The summed E-state index contributed by atoms with van der Waals surface area (Å²) in [5, 5.41) is 0.171. The molecular formula is C13H8ClF4N. The lowest BCUT2D eigenvalue weighted by molar-refractivity contribution is 0.444. The lowest BCUT2D eigenvalue weighted by atomic mass is 9.99. The molecule has 0 spiro atoms. The smallest absolute Gasteiger partial charge is 0.194 e. The van der Waals surface area contributed by atoms with E-state index >= 15 is 0 Å². The van der Waals surface area contributed by atoms with Crippen molar-refractivity contribution in [3.05, 3.63) is 69.8 Å². The van der Waals surface area contributed by atoms with Crippen LogP contribution >= 0.6 is 11.6 Å². The molecule has 0 amide bonds. The zero-order valence-electron chi connectivity index (χ0n) is 9.43. The van der Waals surface area contributed by atoms with Crippen LogP contribution in [0.4, 0.5) is 17.6 Å². The van der Waals surface area contributed by atoms with Crippen LogP contribution in [0, 0.1) is 23.3 Å². The topological polar surface area (TPSA) is 26.0 Å². The van der Waals surface area contributed by atoms with Crippen molar-refractivity contribution in [3.63, 3.8) is 0 Å². The third-order valence-corrected chi connectivity index (χ3v) is 2.90. The van der Waals surface area contributed by atoms with Gasteiger partial charge in [-0.1, -0.05) is 17.7 Å². The summed E-state index contributed by atoms with van der Waals surface area (Å²) in [6, 6.07) is 4.08. The molecule has 1 unspecified atom stereocenters. The minimum absolute atomic E-state index is 0.00908. The van der Waals surface area contributed by atoms with Gasteiger partial charge in [-0.25, -0.2) is 17.6 Å². The second kappa shape index (κ2) is 5.19. The first-order valence-electron chi connectivity index (χ1n) is 5.25. The number of nitrogens with two attached hydrogens (primary N) is 1. The highest BCUT2D eigenvalue weighted by atomic mass is 35.5. The normalized spacial score (nSPS) is 12.5. The van der Waals surface area contributed by atoms with Gasteiger partial charge >= 0.3 is 0 Å². The summed E-state index contributed by atoms with van der Waals surface area (Å²) >= 11 is 5.59. The van der Waals surface area contributed by atoms with E-state index in [-0.39, 0.29) is 16.1 Å². The highest BCUT2D eigenvalue weighted by molar-refractivity contribution is 6.30. The monoisotopic (exact) mass is 289 g/mol. The maximum Gasteiger partial charge on any atom is 0.194 e. The largest absolute Gasteiger partial charge is 0.320 e. The molecule has 2 rings (SSSR count). The Morgan fingerprint density at radius 2 is 1.47 bits per heavy atom. The van der Waals surface area contributed by atoms with Gasteiger partial charge in [-0.3, -0.25) is 0 Å². The Bertz CT molecular complexity index is 607. The lowest BCUT2D eigenvalue weighted by Crippen LogP contribution is -2.14. The van der Waals surface area contributed by atoms with Crippen molar-refractivity contribution >= 4 is 11.6 Å². The SMILES string of the molecule is NC(c1cc(F)c(F)c(F)c1)c1ccc(Cl)cc1F. The van der Waals surface area contributed by atoms with E-state index in [1.165, 1.54) is 12.1 Å². The number of benzene rings is 2. The molecular weight excluding hydrogens is 282 g/mol. The van der Waals surface area contributed by atoms with Crippen LogP contribution in [0.3, 0.4) is 0 Å². The summed E-state index contributed by atoms with van der Waals surface area (Å²) in [5.74, 6) is -5.04. The Morgan fingerprint density at radius 3 is 2.00 bits per heavy atom. The molecule has 6 heteroatoms. The van der Waals surface area contributed by atoms with Crippen LogP contribution in [0.2, 0.25) is 5.02 Å². The molecule has 19 heavy (non-hydrogen) atoms. The number of rotatable bonds is 2. The van der Waals surface area contributed by atoms with E-state index in [1.54, 1.807) is 0 Å². The van der Waals surface area contributed by atoms with Gasteiger partial charge in [0.15, 0.2) is 17.5 Å². The van der Waals surface area contributed by atoms with E-state index in [2.05, 4.69) is 0 Å². The molecule has 0 fully saturated rings. The van der Waals surface area contributed by atoms with Crippen LogP contribution < -0.4 is 5.73 Å². The molecule has 0 aliphatic rings. The van der Waals surface area contributed by atoms with Crippen molar-refractivity contribution < 1.29 is 17.6 Å². The molecule has 2 aromatic rings. The lowest BCUT2D eigenvalue weighted by Gasteiger charge is -2.14. The van der Waals surface area contributed by atoms with Gasteiger partial charge in [0, 0.05) is 10.6 Å². The zero-order chi connectivity index (χ0) is 14.2. The van der Waals surface area contributed by atoms with Crippen molar-refractivity contribution in [1.82, 2.24) is 0 Å². The van der Waals surface area contributed by atoms with E-state index in [0.717, 1.165) is 18.2 Å². The molecule has 0 saturated heterocycles. The fourth-order valence-electron chi connectivity index (χ4n) is 1.69. The average Bonchev–Trinajstić information content (AvgIpc) is 2.34. The fourth-order valence-corrected chi connectivity index (χ4v) is 1.85. The van der Waals surface area contributed by atoms with Gasteiger partial charge in [0.1, 0.15) is 5.82 Å². The van der Waals surface area contributed by atoms with Gasteiger partial charge in [0.05, 0.1) is 6.04 Å². The maximum atomic E-state index is 13.6. The Hall–Kier alpha value is -1.59. The minimum atomic E-state index is -1.59. The summed E-state index contributed by atoms with van der Waals surface area (Å²) in [5.41, 5.74) is 5.65. The first-order chi connectivity index (χ1) is 8.90. The first-order valence-corrected chi connectivity index (χ1v) is 5.63. The highest BCUT2D eigenvalue weighted by Gasteiger charge is 2.18. The summed E-state index contributed by atoms with van der Waals surface area (Å²) in [4.78, 5) is 0. The molecule has 0 bridgehead atoms. The third kappa shape index (κ3) is 2.72. The Labute approximate surface area is 111 Å². The molecule has 0 heterocycles. The fraction of sp³-hybridized carbons (Fsp3) is 0.0769. The van der Waals surface area contributed by atoms with E-state index in [0.29, 0.717) is 0 Å². The van der Waals surface area contributed by atoms with Gasteiger partial charge < -0.3 is 5.73 Å². The average molecular weight is 290 g/mol. The van der Waals surface area contributed by atoms with Crippen molar-refractivity contribution in [3.8, 4) is 0 Å². The molecule has 0 saturated carbocycles. The predicted molar refractivity (Wildman–Crippen MR) is 63.8 cm³/mol. The van der Waals surface area contributed by atoms with E-state index in [9.17, 15) is 17.6 Å². The van der Waals surface area contributed by atoms with Gasteiger partial charge in [-0.2, -0.15) is 0 Å². The molecule has 100 valence electrons. The standard InChI is InChI=1S/C13H8ClF4N/c14-7-1-2-8(9(15)5-7)13(19)6-3-10(16)12(18)11(17)4-6/h1-5,13H,19H2. The highest BCUT2D eigenvalue weighted by Crippen LogP contribution is 2.26. The summed E-state index contributed by atoms with van der Waals surface area (Å²) in [7, 11) is 0. The Kier molecular flexibility index (Phi) is 3.78. The third-order valence-electron chi connectivity index (χ3n) is 2.66. The van der Waals surface area contributed by atoms with E-state index in [1.807, 2.05) is 0 Å². The number of halogens is 5. The summed E-state index contributed by atoms with van der Waals surface area (Å²) < 4.78 is 52.7. The second-order valence-electron chi connectivity index (χ2n) is 3.94. The number of hydrogen-bond acceptors (Lipinski definition) is 1. The predicted octanol–water partition coefficient (Wildman–Crippen LogP) is 3.94. The van der Waals surface area contributed by atoms with Crippen LogP contribution in [0.25, 0.3) is 0 Å². The van der Waals surface area contributed by atoms with Crippen molar-refractivity contribution in [2.24, 2.45) is 5.73 Å². The van der Waals surface area contributed by atoms with Crippen LogP contribution in [0.5, 0.6) is 0 Å². The quantitative estimate of drug-likeness (QED) is 0.657. The molecule has 0 radical (unpaired) electrons. The maximum absolute atomic E-state index is 13.6. The Morgan fingerprint density at radius 1 is 0.895 bits per heavy atom. The van der Waals surface area contributed by atoms with Crippen LogP contribution in [0.1, 0.15) is 17.2 Å². The van der Waals surface area contributed by atoms with Crippen molar-refractivity contribution in [2.75, 3.05) is 0 Å². The number of hydrogen-bond donors (Lipinski definition) is 1.